The van der Waals surface area contributed by atoms with Gasteiger partial charge in [-0.15, -0.1) is 0 Å². The van der Waals surface area contributed by atoms with Gasteiger partial charge in [-0.1, -0.05) is 29.8 Å². The topological polar surface area (TPSA) is 79.0 Å². The Morgan fingerprint density at radius 1 is 1.00 bits per heavy atom. The number of benzene rings is 3. The first-order valence-corrected chi connectivity index (χ1v) is 12.7. The van der Waals surface area contributed by atoms with E-state index in [0.29, 0.717) is 29.6 Å². The summed E-state index contributed by atoms with van der Waals surface area (Å²) in [7, 11) is -4.01. The molecule has 0 radical (unpaired) electrons. The number of halogens is 1. The number of hydrogen-bond acceptors (Lipinski definition) is 5. The van der Waals surface area contributed by atoms with E-state index in [-0.39, 0.29) is 11.4 Å². The summed E-state index contributed by atoms with van der Waals surface area (Å²) < 4.78 is 33.5. The number of nitrogens with one attached hydrogen (secondary N) is 1. The molecule has 1 fully saturated rings. The molecule has 0 unspecified atom stereocenters. The van der Waals surface area contributed by atoms with Crippen molar-refractivity contribution >= 4 is 44.6 Å². The second kappa shape index (κ2) is 10.5. The van der Waals surface area contributed by atoms with Crippen molar-refractivity contribution in [1.29, 1.82) is 0 Å². The third kappa shape index (κ3) is 5.52. The van der Waals surface area contributed by atoms with E-state index < -0.39 is 15.9 Å². The van der Waals surface area contributed by atoms with Gasteiger partial charge >= 0.3 is 0 Å². The number of morpholine rings is 1. The molecule has 0 aromatic heterocycles. The third-order valence-electron chi connectivity index (χ3n) is 5.60. The second-order valence-electron chi connectivity index (χ2n) is 7.95. The van der Waals surface area contributed by atoms with Crippen LogP contribution >= 0.6 is 11.6 Å². The molecule has 3 aromatic rings. The zero-order valence-corrected chi connectivity index (χ0v) is 20.3. The van der Waals surface area contributed by atoms with E-state index in [9.17, 15) is 13.2 Å². The van der Waals surface area contributed by atoms with Crippen LogP contribution in [0.4, 0.5) is 17.1 Å². The van der Waals surface area contributed by atoms with Crippen LogP contribution in [-0.2, 0) is 19.6 Å². The average Bonchev–Trinajstić information content (AvgIpc) is 2.84. The SMILES string of the molecule is Cc1ccccc1N(CC(=O)Nc1ccc(N2CCOCC2)cc1)S(=O)(=O)c1ccc(Cl)cc1. The fourth-order valence-corrected chi connectivity index (χ4v) is 5.40. The standard InChI is InChI=1S/C25H26ClN3O4S/c1-19-4-2-3-5-24(19)29(34(31,32)23-12-6-20(26)7-13-23)18-25(30)27-21-8-10-22(11-9-21)28-14-16-33-17-15-28/h2-13H,14-18H2,1H3,(H,27,30). The summed E-state index contributed by atoms with van der Waals surface area (Å²) in [6.45, 7) is 4.45. The number of rotatable bonds is 7. The molecule has 7 nitrogen and oxygen atoms in total. The van der Waals surface area contributed by atoms with Crippen molar-refractivity contribution in [2.75, 3.05) is 47.4 Å². The molecule has 0 atom stereocenters. The van der Waals surface area contributed by atoms with Gasteiger partial charge in [-0.3, -0.25) is 9.10 Å². The Hall–Kier alpha value is -3.07. The number of carbonyl (C=O) groups excluding carboxylic acids is 1. The normalized spacial score (nSPS) is 14.0. The number of ether oxygens (including phenoxy) is 1. The molecular weight excluding hydrogens is 474 g/mol. The van der Waals surface area contributed by atoms with Crippen molar-refractivity contribution in [3.63, 3.8) is 0 Å². The lowest BCUT2D eigenvalue weighted by Gasteiger charge is -2.29. The number of anilines is 3. The summed E-state index contributed by atoms with van der Waals surface area (Å²) in [5.41, 5.74) is 2.82. The van der Waals surface area contributed by atoms with E-state index in [0.717, 1.165) is 28.6 Å². The number of hydrogen-bond donors (Lipinski definition) is 1. The first-order valence-electron chi connectivity index (χ1n) is 10.9. The van der Waals surface area contributed by atoms with Crippen molar-refractivity contribution in [1.82, 2.24) is 0 Å². The first kappa shape index (κ1) is 24.1. The van der Waals surface area contributed by atoms with Crippen LogP contribution in [0.1, 0.15) is 5.56 Å². The maximum absolute atomic E-state index is 13.5. The van der Waals surface area contributed by atoms with Crippen LogP contribution < -0.4 is 14.5 Å². The molecular formula is C25H26ClN3O4S. The van der Waals surface area contributed by atoms with Crippen LogP contribution in [0.2, 0.25) is 5.02 Å². The van der Waals surface area contributed by atoms with Crippen LogP contribution in [-0.4, -0.2) is 47.2 Å². The molecule has 0 aliphatic carbocycles. The highest BCUT2D eigenvalue weighted by Crippen LogP contribution is 2.27. The van der Waals surface area contributed by atoms with Gasteiger partial charge in [0.15, 0.2) is 0 Å². The Morgan fingerprint density at radius 3 is 2.29 bits per heavy atom. The Morgan fingerprint density at radius 2 is 1.65 bits per heavy atom. The summed E-state index contributed by atoms with van der Waals surface area (Å²) in [5.74, 6) is -0.445. The number of nitrogens with zero attached hydrogens (tertiary/aromatic N) is 2. The molecule has 178 valence electrons. The van der Waals surface area contributed by atoms with Crippen LogP contribution in [0, 0.1) is 6.92 Å². The van der Waals surface area contributed by atoms with Gasteiger partial charge < -0.3 is 15.0 Å². The number of amides is 1. The van der Waals surface area contributed by atoms with Crippen molar-refractivity contribution < 1.29 is 17.9 Å². The van der Waals surface area contributed by atoms with E-state index in [1.807, 2.05) is 43.3 Å². The summed E-state index contributed by atoms with van der Waals surface area (Å²) in [6, 6.07) is 20.5. The molecule has 1 amide bonds. The smallest absolute Gasteiger partial charge is 0.264 e. The van der Waals surface area contributed by atoms with Gasteiger partial charge in [-0.25, -0.2) is 8.42 Å². The molecule has 1 saturated heterocycles. The Labute approximate surface area is 205 Å². The van der Waals surface area contributed by atoms with E-state index in [4.69, 9.17) is 16.3 Å². The first-order chi connectivity index (χ1) is 16.3. The van der Waals surface area contributed by atoms with Gasteiger partial charge in [0.2, 0.25) is 5.91 Å². The summed E-state index contributed by atoms with van der Waals surface area (Å²) in [6.07, 6.45) is 0. The van der Waals surface area contributed by atoms with E-state index >= 15 is 0 Å². The number of para-hydroxylation sites is 1. The third-order valence-corrected chi connectivity index (χ3v) is 7.63. The van der Waals surface area contributed by atoms with Crippen molar-refractivity contribution in [3.05, 3.63) is 83.4 Å². The zero-order valence-electron chi connectivity index (χ0n) is 18.8. The lowest BCUT2D eigenvalue weighted by Crippen LogP contribution is -2.38. The zero-order chi connectivity index (χ0) is 24.1. The molecule has 1 aliphatic rings. The van der Waals surface area contributed by atoms with Crippen LogP contribution in [0.5, 0.6) is 0 Å². The van der Waals surface area contributed by atoms with Crippen LogP contribution in [0.15, 0.2) is 77.7 Å². The maximum atomic E-state index is 13.5. The highest BCUT2D eigenvalue weighted by Gasteiger charge is 2.28. The van der Waals surface area contributed by atoms with E-state index in [1.165, 1.54) is 24.3 Å². The molecule has 4 rings (SSSR count). The van der Waals surface area contributed by atoms with Crippen molar-refractivity contribution in [2.45, 2.75) is 11.8 Å². The minimum Gasteiger partial charge on any atom is -0.378 e. The van der Waals surface area contributed by atoms with E-state index in [1.54, 1.807) is 12.1 Å². The maximum Gasteiger partial charge on any atom is 0.264 e. The number of aryl methyl sites for hydroxylation is 1. The summed E-state index contributed by atoms with van der Waals surface area (Å²) in [5, 5.41) is 3.25. The van der Waals surface area contributed by atoms with Gasteiger partial charge in [-0.05, 0) is 67.1 Å². The Balaban J connectivity index is 1.55. The molecule has 1 heterocycles. The lowest BCUT2D eigenvalue weighted by molar-refractivity contribution is -0.114. The fourth-order valence-electron chi connectivity index (χ4n) is 3.78. The largest absolute Gasteiger partial charge is 0.378 e. The van der Waals surface area contributed by atoms with Crippen molar-refractivity contribution in [3.8, 4) is 0 Å². The number of sulfonamides is 1. The monoisotopic (exact) mass is 499 g/mol. The van der Waals surface area contributed by atoms with Crippen LogP contribution in [0.3, 0.4) is 0 Å². The van der Waals surface area contributed by atoms with Crippen molar-refractivity contribution in [2.24, 2.45) is 0 Å². The van der Waals surface area contributed by atoms with Gasteiger partial charge in [0.25, 0.3) is 10.0 Å². The van der Waals surface area contributed by atoms with Gasteiger partial charge in [0.05, 0.1) is 23.8 Å². The predicted octanol–water partition coefficient (Wildman–Crippen LogP) is 4.32. The van der Waals surface area contributed by atoms with Gasteiger partial charge in [-0.2, -0.15) is 0 Å². The molecule has 0 saturated carbocycles. The van der Waals surface area contributed by atoms with Gasteiger partial charge in [0.1, 0.15) is 6.54 Å². The summed E-state index contributed by atoms with van der Waals surface area (Å²) in [4.78, 5) is 15.2. The molecule has 1 aliphatic heterocycles. The lowest BCUT2D eigenvalue weighted by atomic mass is 10.2. The number of carbonyl (C=O) groups is 1. The van der Waals surface area contributed by atoms with E-state index in [2.05, 4.69) is 10.2 Å². The molecule has 1 N–H and O–H groups in total. The molecule has 3 aromatic carbocycles. The highest BCUT2D eigenvalue weighted by molar-refractivity contribution is 7.92. The summed E-state index contributed by atoms with van der Waals surface area (Å²) >= 11 is 5.94. The average molecular weight is 500 g/mol. The predicted molar refractivity (Wildman–Crippen MR) is 135 cm³/mol. The molecule has 9 heteroatoms. The minimum absolute atomic E-state index is 0.0582. The molecule has 0 bridgehead atoms. The second-order valence-corrected chi connectivity index (χ2v) is 10.2. The Bertz CT molecular complexity index is 1240. The molecule has 34 heavy (non-hydrogen) atoms. The van der Waals surface area contributed by atoms with Crippen LogP contribution in [0.25, 0.3) is 0 Å². The fraction of sp³-hybridized carbons (Fsp3) is 0.240. The molecule has 0 spiro atoms. The quantitative estimate of drug-likeness (QED) is 0.523. The highest BCUT2D eigenvalue weighted by atomic mass is 35.5. The van der Waals surface area contributed by atoms with Gasteiger partial charge in [0, 0.05) is 29.5 Å². The minimum atomic E-state index is -4.01. The Kier molecular flexibility index (Phi) is 7.41.